The molecule has 2 aromatic carbocycles. The highest BCUT2D eigenvalue weighted by Gasteiger charge is 2.19. The Morgan fingerprint density at radius 2 is 1.94 bits per heavy atom. The molecule has 31 heavy (non-hydrogen) atoms. The Bertz CT molecular complexity index is 1040. The van der Waals surface area contributed by atoms with Gasteiger partial charge in [-0.1, -0.05) is 38.1 Å². The maximum absolute atomic E-state index is 13.1. The van der Waals surface area contributed by atoms with Gasteiger partial charge in [0.2, 0.25) is 0 Å². The summed E-state index contributed by atoms with van der Waals surface area (Å²) in [5.74, 6) is 2.06. The van der Waals surface area contributed by atoms with Crippen LogP contribution < -0.4 is 14.8 Å². The Kier molecular flexibility index (Phi) is 7.28. The van der Waals surface area contributed by atoms with Crippen molar-refractivity contribution in [1.82, 2.24) is 10.1 Å². The minimum Gasteiger partial charge on any atom is -0.490 e. The number of nitrogens with zero attached hydrogens (tertiary/aromatic N) is 2. The average molecular weight is 424 g/mol. The molecule has 1 amide bonds. The number of ether oxygens (including phenoxy) is 2. The highest BCUT2D eigenvalue weighted by atomic mass is 16.5. The van der Waals surface area contributed by atoms with Crippen molar-refractivity contribution >= 4 is 11.6 Å². The summed E-state index contributed by atoms with van der Waals surface area (Å²) < 4.78 is 16.9. The Morgan fingerprint density at radius 1 is 1.13 bits per heavy atom. The zero-order valence-corrected chi connectivity index (χ0v) is 18.7. The van der Waals surface area contributed by atoms with E-state index in [1.807, 2.05) is 52.8 Å². The Morgan fingerprint density at radius 3 is 2.61 bits per heavy atom. The summed E-state index contributed by atoms with van der Waals surface area (Å²) in [6.45, 7) is 10.9. The van der Waals surface area contributed by atoms with E-state index in [-0.39, 0.29) is 11.8 Å². The minimum atomic E-state index is -0.262. The molecule has 0 atom stereocenters. The van der Waals surface area contributed by atoms with Crippen molar-refractivity contribution in [3.05, 3.63) is 53.3 Å². The number of aryl methyl sites for hydroxylation is 1. The predicted molar refractivity (Wildman–Crippen MR) is 120 cm³/mol. The molecule has 1 N–H and O–H groups in total. The first-order valence-electron chi connectivity index (χ1n) is 10.6. The molecule has 0 saturated heterocycles. The first-order chi connectivity index (χ1) is 14.9. The Labute approximate surface area is 182 Å². The Hall–Kier alpha value is -3.35. The number of anilines is 1. The second-order valence-electron chi connectivity index (χ2n) is 7.51. The van der Waals surface area contributed by atoms with Crippen LogP contribution in [0.5, 0.6) is 11.5 Å². The highest BCUT2D eigenvalue weighted by Crippen LogP contribution is 2.32. The number of carbonyl (C=O) groups excluding carboxylic acids is 1. The van der Waals surface area contributed by atoms with E-state index in [9.17, 15) is 4.79 Å². The van der Waals surface area contributed by atoms with Gasteiger partial charge >= 0.3 is 0 Å². The number of hydrogen-bond donors (Lipinski definition) is 1. The van der Waals surface area contributed by atoms with Gasteiger partial charge in [0.25, 0.3) is 11.8 Å². The van der Waals surface area contributed by atoms with Crippen molar-refractivity contribution in [2.24, 2.45) is 0 Å². The minimum absolute atomic E-state index is 0.144. The fraction of sp³-hybridized carbons (Fsp3) is 0.375. The summed E-state index contributed by atoms with van der Waals surface area (Å²) in [7, 11) is 0. The monoisotopic (exact) mass is 423 g/mol. The van der Waals surface area contributed by atoms with Crippen molar-refractivity contribution in [2.45, 2.75) is 47.0 Å². The van der Waals surface area contributed by atoms with Crippen LogP contribution in [0.15, 0.2) is 40.9 Å². The van der Waals surface area contributed by atoms with Crippen LogP contribution in [0, 0.1) is 6.92 Å². The Balaban J connectivity index is 1.90. The van der Waals surface area contributed by atoms with Gasteiger partial charge in [0.1, 0.15) is 0 Å². The molecular formula is C24H29N3O4. The molecule has 0 aliphatic heterocycles. The summed E-state index contributed by atoms with van der Waals surface area (Å²) in [4.78, 5) is 17.5. The lowest BCUT2D eigenvalue weighted by atomic mass is 10.1. The summed E-state index contributed by atoms with van der Waals surface area (Å²) in [6, 6.07) is 10.9. The van der Waals surface area contributed by atoms with Crippen molar-refractivity contribution < 1.29 is 18.8 Å². The first-order valence-corrected chi connectivity index (χ1v) is 10.6. The molecule has 3 aromatic rings. The number of carbonyl (C=O) groups is 1. The first kappa shape index (κ1) is 22.3. The van der Waals surface area contributed by atoms with Gasteiger partial charge in [0.05, 0.1) is 24.5 Å². The average Bonchev–Trinajstić information content (AvgIpc) is 3.25. The van der Waals surface area contributed by atoms with Crippen molar-refractivity contribution in [3.8, 4) is 23.0 Å². The maximum Gasteiger partial charge on any atom is 0.260 e. The molecule has 0 unspecified atom stereocenters. The summed E-state index contributed by atoms with van der Waals surface area (Å²) in [6.07, 6.45) is 0.887. The second kappa shape index (κ2) is 10.1. The third-order valence-electron chi connectivity index (χ3n) is 4.67. The summed E-state index contributed by atoms with van der Waals surface area (Å²) in [5, 5.41) is 7.04. The number of amides is 1. The fourth-order valence-electron chi connectivity index (χ4n) is 3.03. The van der Waals surface area contributed by atoms with Crippen LogP contribution in [0.3, 0.4) is 0 Å². The maximum atomic E-state index is 13.1. The third kappa shape index (κ3) is 5.23. The number of aromatic nitrogens is 2. The number of nitrogens with one attached hydrogen (secondary N) is 1. The van der Waals surface area contributed by atoms with E-state index in [0.717, 1.165) is 12.0 Å². The molecule has 0 radical (unpaired) electrons. The molecule has 0 aliphatic carbocycles. The van der Waals surface area contributed by atoms with Gasteiger partial charge in [-0.2, -0.15) is 4.98 Å². The van der Waals surface area contributed by atoms with E-state index in [2.05, 4.69) is 15.5 Å². The largest absolute Gasteiger partial charge is 0.490 e. The van der Waals surface area contributed by atoms with Crippen LogP contribution >= 0.6 is 0 Å². The molecule has 0 aliphatic rings. The fourth-order valence-corrected chi connectivity index (χ4v) is 3.03. The predicted octanol–water partition coefficient (Wildman–Crippen LogP) is 5.61. The molecule has 1 aromatic heterocycles. The SMILES string of the molecule is CCCOc1ccc(C(=O)Nc2c(C)cccc2-c2nc(C(C)C)no2)cc1OCC. The number of para-hydroxylation sites is 1. The molecule has 3 rings (SSSR count). The molecular weight excluding hydrogens is 394 g/mol. The van der Waals surface area contributed by atoms with E-state index in [1.165, 1.54) is 0 Å². The van der Waals surface area contributed by atoms with Crippen LogP contribution in [0.1, 0.15) is 61.8 Å². The topological polar surface area (TPSA) is 86.5 Å². The van der Waals surface area contributed by atoms with E-state index >= 15 is 0 Å². The van der Waals surface area contributed by atoms with Gasteiger partial charge in [0, 0.05) is 11.5 Å². The zero-order chi connectivity index (χ0) is 22.4. The van der Waals surface area contributed by atoms with Gasteiger partial charge in [-0.15, -0.1) is 0 Å². The smallest absolute Gasteiger partial charge is 0.260 e. The van der Waals surface area contributed by atoms with Gasteiger partial charge in [0.15, 0.2) is 17.3 Å². The van der Waals surface area contributed by atoms with Crippen molar-refractivity contribution in [3.63, 3.8) is 0 Å². The summed E-state index contributed by atoms with van der Waals surface area (Å²) in [5.41, 5.74) is 2.68. The zero-order valence-electron chi connectivity index (χ0n) is 18.7. The van der Waals surface area contributed by atoms with E-state index in [1.54, 1.807) is 18.2 Å². The summed E-state index contributed by atoms with van der Waals surface area (Å²) >= 11 is 0. The van der Waals surface area contributed by atoms with Gasteiger partial charge < -0.3 is 19.3 Å². The quantitative estimate of drug-likeness (QED) is 0.481. The van der Waals surface area contributed by atoms with Crippen LogP contribution in [-0.4, -0.2) is 29.3 Å². The lowest BCUT2D eigenvalue weighted by Gasteiger charge is -2.14. The normalized spacial score (nSPS) is 10.9. The number of hydrogen-bond acceptors (Lipinski definition) is 6. The standard InChI is InChI=1S/C24H29N3O4/c1-6-13-30-19-12-11-17(14-20(19)29-7-2)23(28)25-21-16(5)9-8-10-18(21)24-26-22(15(3)4)27-31-24/h8-12,14-15H,6-7,13H2,1-5H3,(H,25,28). The van der Waals surface area contributed by atoms with Crippen LogP contribution in [0.25, 0.3) is 11.5 Å². The van der Waals surface area contributed by atoms with Crippen LogP contribution in [0.4, 0.5) is 5.69 Å². The van der Waals surface area contributed by atoms with Gasteiger partial charge in [-0.3, -0.25) is 4.79 Å². The van der Waals surface area contributed by atoms with E-state index < -0.39 is 0 Å². The lowest BCUT2D eigenvalue weighted by Crippen LogP contribution is -2.14. The molecule has 0 fully saturated rings. The number of benzene rings is 2. The molecule has 7 heteroatoms. The van der Waals surface area contributed by atoms with E-state index in [4.69, 9.17) is 14.0 Å². The van der Waals surface area contributed by atoms with E-state index in [0.29, 0.717) is 53.2 Å². The van der Waals surface area contributed by atoms with Crippen molar-refractivity contribution in [1.29, 1.82) is 0 Å². The lowest BCUT2D eigenvalue weighted by molar-refractivity contribution is 0.102. The third-order valence-corrected chi connectivity index (χ3v) is 4.67. The molecule has 164 valence electrons. The van der Waals surface area contributed by atoms with Crippen LogP contribution in [0.2, 0.25) is 0 Å². The number of rotatable bonds is 9. The van der Waals surface area contributed by atoms with Crippen LogP contribution in [-0.2, 0) is 0 Å². The molecule has 1 heterocycles. The van der Waals surface area contributed by atoms with Crippen molar-refractivity contribution in [2.75, 3.05) is 18.5 Å². The molecule has 0 saturated carbocycles. The van der Waals surface area contributed by atoms with Gasteiger partial charge in [-0.05, 0) is 50.1 Å². The second-order valence-corrected chi connectivity index (χ2v) is 7.51. The molecule has 0 spiro atoms. The van der Waals surface area contributed by atoms with Gasteiger partial charge in [-0.25, -0.2) is 0 Å². The molecule has 0 bridgehead atoms. The highest BCUT2D eigenvalue weighted by molar-refractivity contribution is 6.06. The molecule has 7 nitrogen and oxygen atoms in total.